The fourth-order valence-corrected chi connectivity index (χ4v) is 3.04. The van der Waals surface area contributed by atoms with E-state index in [-0.39, 0.29) is 13.2 Å². The van der Waals surface area contributed by atoms with Crippen molar-refractivity contribution < 1.29 is 19.5 Å². The molecule has 0 amide bonds. The van der Waals surface area contributed by atoms with Gasteiger partial charge in [0.25, 0.3) is 5.89 Å². The van der Waals surface area contributed by atoms with Crippen molar-refractivity contribution in [1.29, 1.82) is 0 Å². The lowest BCUT2D eigenvalue weighted by Crippen LogP contribution is -2.21. The zero-order valence-corrected chi connectivity index (χ0v) is 18.5. The molecule has 31 heavy (non-hydrogen) atoms. The number of nitrogens with one attached hydrogen (secondary N) is 1. The van der Waals surface area contributed by atoms with E-state index in [0.29, 0.717) is 35.0 Å². The number of aryl methyl sites for hydroxylation is 3. The zero-order valence-electron chi connectivity index (χ0n) is 18.5. The lowest BCUT2D eigenvalue weighted by atomic mass is 10.1. The normalized spacial score (nSPS) is 12.3. The summed E-state index contributed by atoms with van der Waals surface area (Å²) in [4.78, 5) is 13.4. The first-order valence-corrected chi connectivity index (χ1v) is 10.2. The van der Waals surface area contributed by atoms with Crippen molar-refractivity contribution >= 4 is 5.95 Å². The Morgan fingerprint density at radius 3 is 2.42 bits per heavy atom. The van der Waals surface area contributed by atoms with Gasteiger partial charge in [0, 0.05) is 17.8 Å². The minimum atomic E-state index is -0.922. The molecule has 0 unspecified atom stereocenters. The lowest BCUT2D eigenvalue weighted by Gasteiger charge is -2.15. The molecule has 1 atom stereocenters. The van der Waals surface area contributed by atoms with E-state index in [1.165, 1.54) is 0 Å². The Labute approximate surface area is 181 Å². The third-order valence-electron chi connectivity index (χ3n) is 4.52. The van der Waals surface area contributed by atoms with Crippen LogP contribution in [0.4, 0.5) is 5.95 Å². The summed E-state index contributed by atoms with van der Waals surface area (Å²) < 4.78 is 11.1. The summed E-state index contributed by atoms with van der Waals surface area (Å²) in [6.45, 7) is 10.4. The van der Waals surface area contributed by atoms with Gasteiger partial charge in [0.1, 0.15) is 24.2 Å². The number of nitrogens with zero attached hydrogens (tertiary/aromatic N) is 4. The van der Waals surface area contributed by atoms with Gasteiger partial charge in [-0.05, 0) is 56.0 Å². The molecule has 0 spiro atoms. The number of aromatic nitrogens is 4. The number of anilines is 1. The van der Waals surface area contributed by atoms with Crippen LogP contribution in [0.5, 0.6) is 5.75 Å². The Hall–Kier alpha value is -3.04. The quantitative estimate of drug-likeness (QED) is 0.472. The highest BCUT2D eigenvalue weighted by atomic mass is 16.5. The Morgan fingerprint density at radius 1 is 1.06 bits per heavy atom. The minimum absolute atomic E-state index is 0.0180. The summed E-state index contributed by atoms with van der Waals surface area (Å²) >= 11 is 0. The third kappa shape index (κ3) is 5.77. The number of aliphatic hydroxyl groups is 2. The van der Waals surface area contributed by atoms with Crippen molar-refractivity contribution in [2.45, 2.75) is 40.7 Å². The van der Waals surface area contributed by atoms with E-state index < -0.39 is 6.10 Å². The van der Waals surface area contributed by atoms with Gasteiger partial charge in [0.15, 0.2) is 0 Å². The van der Waals surface area contributed by atoms with Crippen molar-refractivity contribution in [3.63, 3.8) is 0 Å². The molecule has 3 rings (SSSR count). The monoisotopic (exact) mass is 427 g/mol. The number of aliphatic hydroxyl groups excluding tert-OH is 2. The van der Waals surface area contributed by atoms with E-state index in [2.05, 4.69) is 39.3 Å². The van der Waals surface area contributed by atoms with Gasteiger partial charge in [-0.3, -0.25) is 0 Å². The van der Waals surface area contributed by atoms with E-state index in [0.717, 1.165) is 28.9 Å². The van der Waals surface area contributed by atoms with Crippen LogP contribution < -0.4 is 10.1 Å². The molecule has 166 valence electrons. The largest absolute Gasteiger partial charge is 0.490 e. The molecule has 0 saturated heterocycles. The van der Waals surface area contributed by atoms with E-state index in [4.69, 9.17) is 14.4 Å². The van der Waals surface area contributed by atoms with Crippen LogP contribution >= 0.6 is 0 Å². The van der Waals surface area contributed by atoms with E-state index >= 15 is 0 Å². The van der Waals surface area contributed by atoms with Crippen LogP contribution in [-0.2, 0) is 0 Å². The molecule has 0 aliphatic rings. The predicted octanol–water partition coefficient (Wildman–Crippen LogP) is 2.92. The topological polar surface area (TPSA) is 126 Å². The number of benzene rings is 1. The summed E-state index contributed by atoms with van der Waals surface area (Å²) in [6, 6.07) is 5.59. The molecule has 3 aromatic rings. The second kappa shape index (κ2) is 9.84. The Morgan fingerprint density at radius 2 is 1.77 bits per heavy atom. The number of ether oxygens (including phenoxy) is 1. The fraction of sp³-hybridized carbons (Fsp3) is 0.455. The summed E-state index contributed by atoms with van der Waals surface area (Å²) in [6.07, 6.45) is -0.922. The standard InChI is InChI=1S/C22H29N5O4/c1-12(2)9-23-22-24-15(5)8-18(25-22)21-26-20(27-31-21)16-6-13(3)19(14(4)7-16)30-11-17(29)10-28/h6-8,12,17,28-29H,9-11H2,1-5H3,(H,23,24,25)/t17-/m0/s1. The maximum absolute atomic E-state index is 9.52. The molecule has 2 heterocycles. The van der Waals surface area contributed by atoms with Gasteiger partial charge in [-0.25, -0.2) is 9.97 Å². The van der Waals surface area contributed by atoms with Crippen LogP contribution in [0, 0.1) is 26.7 Å². The summed E-state index contributed by atoms with van der Waals surface area (Å²) in [5.74, 6) is 2.41. The molecule has 0 aliphatic carbocycles. The molecule has 2 aromatic heterocycles. The Kier molecular flexibility index (Phi) is 7.19. The third-order valence-corrected chi connectivity index (χ3v) is 4.52. The minimum Gasteiger partial charge on any atom is -0.490 e. The number of hydrogen-bond donors (Lipinski definition) is 3. The molecule has 9 heteroatoms. The molecule has 0 fully saturated rings. The van der Waals surface area contributed by atoms with Gasteiger partial charge in [-0.2, -0.15) is 4.98 Å². The molecule has 9 nitrogen and oxygen atoms in total. The van der Waals surface area contributed by atoms with Crippen LogP contribution in [0.3, 0.4) is 0 Å². The zero-order chi connectivity index (χ0) is 22.5. The Balaban J connectivity index is 1.84. The van der Waals surface area contributed by atoms with Gasteiger partial charge in [-0.1, -0.05) is 19.0 Å². The molecule has 0 bridgehead atoms. The average Bonchev–Trinajstić information content (AvgIpc) is 3.21. The van der Waals surface area contributed by atoms with Crippen molar-refractivity contribution in [3.8, 4) is 28.7 Å². The summed E-state index contributed by atoms with van der Waals surface area (Å²) in [7, 11) is 0. The first-order valence-electron chi connectivity index (χ1n) is 10.2. The van der Waals surface area contributed by atoms with Crippen LogP contribution in [0.15, 0.2) is 22.7 Å². The van der Waals surface area contributed by atoms with Crippen molar-refractivity contribution in [3.05, 3.63) is 35.0 Å². The van der Waals surface area contributed by atoms with Crippen molar-refractivity contribution in [2.24, 2.45) is 5.92 Å². The highest BCUT2D eigenvalue weighted by Gasteiger charge is 2.16. The van der Waals surface area contributed by atoms with Crippen LogP contribution in [0.25, 0.3) is 23.0 Å². The second-order valence-electron chi connectivity index (χ2n) is 8.00. The number of rotatable bonds is 9. The summed E-state index contributed by atoms with van der Waals surface area (Å²) in [5.41, 5.74) is 3.87. The van der Waals surface area contributed by atoms with E-state index in [9.17, 15) is 5.11 Å². The highest BCUT2D eigenvalue weighted by Crippen LogP contribution is 2.30. The van der Waals surface area contributed by atoms with Gasteiger partial charge in [0.05, 0.1) is 6.61 Å². The van der Waals surface area contributed by atoms with E-state index in [1.807, 2.05) is 32.9 Å². The maximum atomic E-state index is 9.52. The fourth-order valence-electron chi connectivity index (χ4n) is 3.04. The molecular weight excluding hydrogens is 398 g/mol. The van der Waals surface area contributed by atoms with Crippen molar-refractivity contribution in [2.75, 3.05) is 25.1 Å². The SMILES string of the molecule is Cc1cc(-c2nc(-c3cc(C)c(OC[C@@H](O)CO)c(C)c3)no2)nc(NCC(C)C)n1. The predicted molar refractivity (Wildman–Crippen MR) is 117 cm³/mol. The molecule has 3 N–H and O–H groups in total. The molecule has 1 aromatic carbocycles. The van der Waals surface area contributed by atoms with E-state index in [1.54, 1.807) is 6.07 Å². The highest BCUT2D eigenvalue weighted by molar-refractivity contribution is 5.63. The molecule has 0 aliphatic heterocycles. The van der Waals surface area contributed by atoms with Gasteiger partial charge < -0.3 is 24.8 Å². The van der Waals surface area contributed by atoms with Crippen LogP contribution in [0.1, 0.15) is 30.7 Å². The second-order valence-corrected chi connectivity index (χ2v) is 8.00. The molecule has 0 saturated carbocycles. The van der Waals surface area contributed by atoms with Crippen LogP contribution in [0.2, 0.25) is 0 Å². The Bertz CT molecular complexity index is 1010. The van der Waals surface area contributed by atoms with Gasteiger partial charge in [-0.15, -0.1) is 0 Å². The number of hydrogen-bond acceptors (Lipinski definition) is 9. The summed E-state index contributed by atoms with van der Waals surface area (Å²) in [5, 5.41) is 25.8. The lowest BCUT2D eigenvalue weighted by molar-refractivity contribution is 0.0532. The van der Waals surface area contributed by atoms with Gasteiger partial charge in [0.2, 0.25) is 11.8 Å². The first kappa shape index (κ1) is 22.6. The van der Waals surface area contributed by atoms with Crippen LogP contribution in [-0.4, -0.2) is 56.2 Å². The average molecular weight is 428 g/mol. The maximum Gasteiger partial charge on any atom is 0.277 e. The molecular formula is C22H29N5O4. The first-order chi connectivity index (χ1) is 14.8. The van der Waals surface area contributed by atoms with Gasteiger partial charge >= 0.3 is 0 Å². The smallest absolute Gasteiger partial charge is 0.277 e. The molecule has 0 radical (unpaired) electrons. The van der Waals surface area contributed by atoms with Crippen molar-refractivity contribution in [1.82, 2.24) is 20.1 Å².